The monoisotopic (exact) mass is 160 g/mol. The van der Waals surface area contributed by atoms with E-state index in [1.807, 2.05) is 7.05 Å². The van der Waals surface area contributed by atoms with E-state index in [2.05, 4.69) is 4.90 Å². The van der Waals surface area contributed by atoms with Crippen LogP contribution in [0.15, 0.2) is 0 Å². The van der Waals surface area contributed by atoms with E-state index in [0.29, 0.717) is 5.75 Å². The molecule has 0 amide bonds. The van der Waals surface area contributed by atoms with Gasteiger partial charge in [0.05, 0.1) is 14.5 Å². The molecule has 2 aliphatic heterocycles. The van der Waals surface area contributed by atoms with Crippen molar-refractivity contribution in [1.82, 2.24) is 4.90 Å². The van der Waals surface area contributed by atoms with Crippen molar-refractivity contribution >= 4 is 9.73 Å². The van der Waals surface area contributed by atoms with Crippen molar-refractivity contribution in [2.24, 2.45) is 0 Å². The quantitative estimate of drug-likeness (QED) is 0.547. The summed E-state index contributed by atoms with van der Waals surface area (Å²) in [6.45, 7) is 1.77. The predicted molar refractivity (Wildman–Crippen MR) is 40.6 cm³/mol. The van der Waals surface area contributed by atoms with Gasteiger partial charge in [-0.1, -0.05) is 0 Å². The maximum absolute atomic E-state index is 11.4. The number of hydrogen-bond donors (Lipinski definition) is 1. The van der Waals surface area contributed by atoms with Crippen molar-refractivity contribution < 1.29 is 4.21 Å². The van der Waals surface area contributed by atoms with Crippen molar-refractivity contribution in [1.29, 1.82) is 4.78 Å². The molecular formula is C6H12N2OS. The van der Waals surface area contributed by atoms with E-state index in [1.165, 1.54) is 0 Å². The number of hydrogen-bond acceptors (Lipinski definition) is 3. The number of likely N-dealkylation sites (tertiary alicyclic amines) is 1. The van der Waals surface area contributed by atoms with Crippen molar-refractivity contribution in [3.05, 3.63) is 0 Å². The van der Waals surface area contributed by atoms with Crippen molar-refractivity contribution in [2.45, 2.75) is 11.2 Å². The molecule has 4 heteroatoms. The van der Waals surface area contributed by atoms with E-state index >= 15 is 0 Å². The summed E-state index contributed by atoms with van der Waals surface area (Å²) in [5, 5.41) is 0. The molecule has 0 aromatic rings. The lowest BCUT2D eigenvalue weighted by atomic mass is 9.96. The van der Waals surface area contributed by atoms with Crippen LogP contribution < -0.4 is 0 Å². The molecule has 0 aromatic heterocycles. The Kier molecular flexibility index (Phi) is 1.03. The molecule has 2 heterocycles. The number of rotatable bonds is 0. The smallest absolute Gasteiger partial charge is 0.0800 e. The van der Waals surface area contributed by atoms with E-state index < -0.39 is 9.73 Å². The molecule has 0 bridgehead atoms. The van der Waals surface area contributed by atoms with Crippen LogP contribution >= 0.6 is 0 Å². The molecular weight excluding hydrogens is 148 g/mol. The zero-order valence-electron chi connectivity index (χ0n) is 6.09. The lowest BCUT2D eigenvalue weighted by Gasteiger charge is -2.55. The molecule has 58 valence electrons. The van der Waals surface area contributed by atoms with Gasteiger partial charge in [0, 0.05) is 18.8 Å². The van der Waals surface area contributed by atoms with E-state index in [0.717, 1.165) is 19.5 Å². The Balaban J connectivity index is 2.22. The van der Waals surface area contributed by atoms with Gasteiger partial charge in [-0.3, -0.25) is 4.78 Å². The topological polar surface area (TPSA) is 44.2 Å². The van der Waals surface area contributed by atoms with Gasteiger partial charge in [0.15, 0.2) is 0 Å². The average molecular weight is 160 g/mol. The Hall–Kier alpha value is -0.0900. The highest BCUT2D eigenvalue weighted by atomic mass is 32.2. The minimum Gasteiger partial charge on any atom is -0.303 e. The van der Waals surface area contributed by atoms with Crippen LogP contribution in [-0.2, 0) is 9.73 Å². The van der Waals surface area contributed by atoms with Crippen LogP contribution in [0.5, 0.6) is 0 Å². The van der Waals surface area contributed by atoms with Gasteiger partial charge < -0.3 is 4.90 Å². The number of nitrogens with zero attached hydrogens (tertiary/aromatic N) is 1. The summed E-state index contributed by atoms with van der Waals surface area (Å²) in [5.74, 6) is 0.640. The van der Waals surface area contributed by atoms with Crippen molar-refractivity contribution in [3.63, 3.8) is 0 Å². The zero-order valence-corrected chi connectivity index (χ0v) is 6.91. The van der Waals surface area contributed by atoms with Gasteiger partial charge in [-0.15, -0.1) is 0 Å². The fourth-order valence-corrected chi connectivity index (χ4v) is 3.89. The van der Waals surface area contributed by atoms with Gasteiger partial charge in [-0.25, -0.2) is 4.21 Å². The molecule has 1 atom stereocenters. The van der Waals surface area contributed by atoms with Crippen LogP contribution in [0, 0.1) is 4.78 Å². The van der Waals surface area contributed by atoms with Gasteiger partial charge in [-0.2, -0.15) is 0 Å². The van der Waals surface area contributed by atoms with Crippen molar-refractivity contribution in [2.75, 3.05) is 25.9 Å². The second-order valence-electron chi connectivity index (χ2n) is 3.48. The van der Waals surface area contributed by atoms with Gasteiger partial charge in [0.2, 0.25) is 0 Å². The Morgan fingerprint density at radius 1 is 1.60 bits per heavy atom. The summed E-state index contributed by atoms with van der Waals surface area (Å²) in [7, 11) is -0.147. The largest absolute Gasteiger partial charge is 0.303 e. The highest BCUT2D eigenvalue weighted by molar-refractivity contribution is 7.95. The number of nitrogens with one attached hydrogen (secondary N) is 1. The summed E-state index contributed by atoms with van der Waals surface area (Å²) in [4.78, 5) is 2.13. The molecule has 1 N–H and O–H groups in total. The van der Waals surface area contributed by atoms with Gasteiger partial charge >= 0.3 is 0 Å². The predicted octanol–water partition coefficient (Wildman–Crippen LogP) is 0.121. The van der Waals surface area contributed by atoms with Gasteiger partial charge in [-0.05, 0) is 13.5 Å². The van der Waals surface area contributed by atoms with Crippen LogP contribution in [0.3, 0.4) is 0 Å². The van der Waals surface area contributed by atoms with E-state index in [4.69, 9.17) is 4.78 Å². The lowest BCUT2D eigenvalue weighted by molar-refractivity contribution is 0.142. The minimum absolute atomic E-state index is 0.0677. The molecule has 0 aliphatic carbocycles. The average Bonchev–Trinajstić information content (AvgIpc) is 1.78. The summed E-state index contributed by atoms with van der Waals surface area (Å²) < 4.78 is 18.8. The summed E-state index contributed by atoms with van der Waals surface area (Å²) >= 11 is 0. The first-order valence-corrected chi connectivity index (χ1v) is 5.23. The standard InChI is InChI=1S/C6H12N2OS/c1-8-4-6(5-8)2-3-10(6,7)9/h7H,2-5H2,1H3. The fraction of sp³-hybridized carbons (Fsp3) is 1.00. The summed E-state index contributed by atoms with van der Waals surface area (Å²) in [6, 6.07) is 0. The molecule has 2 rings (SSSR count). The Bertz CT molecular complexity index is 251. The normalized spacial score (nSPS) is 44.5. The van der Waals surface area contributed by atoms with Crippen LogP contribution in [0.2, 0.25) is 0 Å². The maximum atomic E-state index is 11.4. The Labute approximate surface area is 61.4 Å². The van der Waals surface area contributed by atoms with Crippen LogP contribution in [-0.4, -0.2) is 39.7 Å². The first kappa shape index (κ1) is 6.61. The Morgan fingerprint density at radius 3 is 2.30 bits per heavy atom. The first-order valence-electron chi connectivity index (χ1n) is 3.50. The highest BCUT2D eigenvalue weighted by Gasteiger charge is 2.55. The van der Waals surface area contributed by atoms with Crippen LogP contribution in [0.4, 0.5) is 0 Å². The molecule has 0 aromatic carbocycles. The summed E-state index contributed by atoms with van der Waals surface area (Å²) in [5.41, 5.74) is 0. The summed E-state index contributed by atoms with van der Waals surface area (Å²) in [6.07, 6.45) is 1.01. The minimum atomic E-state index is -2.16. The highest BCUT2D eigenvalue weighted by Crippen LogP contribution is 2.41. The Morgan fingerprint density at radius 2 is 2.20 bits per heavy atom. The SMILES string of the molecule is CN1CC2(CCS2(=N)=O)C1. The second-order valence-corrected chi connectivity index (χ2v) is 6.11. The molecule has 0 saturated carbocycles. The van der Waals surface area contributed by atoms with Crippen molar-refractivity contribution in [3.8, 4) is 0 Å². The molecule has 0 radical (unpaired) electrons. The van der Waals surface area contributed by atoms with Crippen LogP contribution in [0.25, 0.3) is 0 Å². The third-order valence-electron chi connectivity index (χ3n) is 2.66. The van der Waals surface area contributed by atoms with Gasteiger partial charge in [0.1, 0.15) is 0 Å². The maximum Gasteiger partial charge on any atom is 0.0800 e. The third-order valence-corrected chi connectivity index (χ3v) is 5.30. The molecule has 2 fully saturated rings. The molecule has 2 aliphatic rings. The van der Waals surface area contributed by atoms with E-state index in [9.17, 15) is 4.21 Å². The van der Waals surface area contributed by atoms with Gasteiger partial charge in [0.25, 0.3) is 0 Å². The molecule has 10 heavy (non-hydrogen) atoms. The molecule has 1 spiro atoms. The van der Waals surface area contributed by atoms with Crippen LogP contribution in [0.1, 0.15) is 6.42 Å². The molecule has 1 unspecified atom stereocenters. The zero-order chi connectivity index (χ0) is 7.41. The second kappa shape index (κ2) is 1.56. The third kappa shape index (κ3) is 0.563. The first-order chi connectivity index (χ1) is 4.56. The lowest BCUT2D eigenvalue weighted by Crippen LogP contribution is -2.70. The van der Waals surface area contributed by atoms with E-state index in [-0.39, 0.29) is 4.75 Å². The molecule has 3 nitrogen and oxygen atoms in total. The van der Waals surface area contributed by atoms with E-state index in [1.54, 1.807) is 0 Å². The fourth-order valence-electron chi connectivity index (χ4n) is 1.88. The molecule has 2 saturated heterocycles.